The van der Waals surface area contributed by atoms with Crippen molar-refractivity contribution in [1.29, 1.82) is 0 Å². The number of nitrogens with zero attached hydrogens (tertiary/aromatic N) is 4. The molecule has 57 heavy (non-hydrogen) atoms. The molecule has 0 amide bonds. The van der Waals surface area contributed by atoms with Crippen molar-refractivity contribution in [3.8, 4) is 39.3 Å². The third kappa shape index (κ3) is 5.84. The van der Waals surface area contributed by atoms with Crippen molar-refractivity contribution in [1.82, 2.24) is 14.5 Å². The van der Waals surface area contributed by atoms with Gasteiger partial charge in [-0.2, -0.15) is 0 Å². The van der Waals surface area contributed by atoms with Crippen LogP contribution in [0, 0.1) is 0 Å². The maximum atomic E-state index is 4.48. The Labute approximate surface area is 334 Å². The first-order valence-corrected chi connectivity index (χ1v) is 20.0. The number of para-hydroxylation sites is 2. The lowest BCUT2D eigenvalue weighted by atomic mass is 10.0. The smallest absolute Gasteiger partial charge is 0.159 e. The van der Waals surface area contributed by atoms with E-state index in [1.807, 2.05) is 17.4 Å². The average Bonchev–Trinajstić information content (AvgIpc) is 3.83. The van der Waals surface area contributed by atoms with Gasteiger partial charge in [0.2, 0.25) is 0 Å². The molecule has 0 N–H and O–H groups in total. The van der Waals surface area contributed by atoms with Gasteiger partial charge in [0.25, 0.3) is 0 Å². The molecular weight excluding hydrogens is 713 g/mol. The van der Waals surface area contributed by atoms with E-state index in [9.17, 15) is 0 Å². The molecule has 3 heterocycles. The van der Waals surface area contributed by atoms with Gasteiger partial charge in [-0.3, -0.25) is 0 Å². The second-order valence-corrected chi connectivity index (χ2v) is 15.4. The fraction of sp³-hybridized carbons (Fsp3) is 0. The molecule has 11 aromatic rings. The molecule has 3 aromatic heterocycles. The summed E-state index contributed by atoms with van der Waals surface area (Å²) < 4.78 is 5.00. The lowest BCUT2D eigenvalue weighted by molar-refractivity contribution is 1.17. The summed E-state index contributed by atoms with van der Waals surface area (Å²) in [4.78, 5) is 11.3. The zero-order valence-corrected chi connectivity index (χ0v) is 31.6. The largest absolute Gasteiger partial charge is 0.311 e. The second-order valence-electron chi connectivity index (χ2n) is 14.3. The number of hydrogen-bond acceptors (Lipinski definition) is 4. The maximum Gasteiger partial charge on any atom is 0.159 e. The molecule has 0 spiro atoms. The van der Waals surface area contributed by atoms with Crippen molar-refractivity contribution in [2.24, 2.45) is 0 Å². The molecule has 0 bridgehead atoms. The third-order valence-corrected chi connectivity index (χ3v) is 12.1. The van der Waals surface area contributed by atoms with E-state index in [0.717, 1.165) is 28.3 Å². The van der Waals surface area contributed by atoms with Gasteiger partial charge in [0.1, 0.15) is 0 Å². The Kier molecular flexibility index (Phi) is 7.97. The van der Waals surface area contributed by atoms with Crippen molar-refractivity contribution in [3.63, 3.8) is 0 Å². The second kappa shape index (κ2) is 13.7. The van der Waals surface area contributed by atoms with Crippen molar-refractivity contribution in [3.05, 3.63) is 207 Å². The molecule has 0 radical (unpaired) electrons. The topological polar surface area (TPSA) is 34.0 Å². The molecule has 0 aliphatic carbocycles. The summed E-state index contributed by atoms with van der Waals surface area (Å²) in [5.74, 6) is 0.712. The fourth-order valence-electron chi connectivity index (χ4n) is 8.17. The van der Waals surface area contributed by atoms with Crippen LogP contribution < -0.4 is 4.90 Å². The van der Waals surface area contributed by atoms with Crippen LogP contribution >= 0.6 is 11.3 Å². The molecule has 0 atom stereocenters. The van der Waals surface area contributed by atoms with Gasteiger partial charge in [0, 0.05) is 71.7 Å². The Bertz CT molecular complexity index is 3200. The molecule has 4 nitrogen and oxygen atoms in total. The van der Waals surface area contributed by atoms with Crippen LogP contribution in [0.25, 0.3) is 81.3 Å². The van der Waals surface area contributed by atoms with E-state index in [-0.39, 0.29) is 0 Å². The summed E-state index contributed by atoms with van der Waals surface area (Å²) in [6.45, 7) is 0. The van der Waals surface area contributed by atoms with Gasteiger partial charge in [0.15, 0.2) is 5.82 Å². The van der Waals surface area contributed by atoms with E-state index in [1.54, 1.807) is 12.4 Å². The quantitative estimate of drug-likeness (QED) is 0.163. The number of anilines is 3. The van der Waals surface area contributed by atoms with E-state index in [4.69, 9.17) is 0 Å². The Hall–Kier alpha value is -7.34. The normalized spacial score (nSPS) is 11.5. The zero-order chi connectivity index (χ0) is 37.7. The first-order valence-electron chi connectivity index (χ1n) is 19.1. The summed E-state index contributed by atoms with van der Waals surface area (Å²) in [7, 11) is 0. The minimum atomic E-state index is 0.712. The first kappa shape index (κ1) is 33.0. The lowest BCUT2D eigenvalue weighted by Gasteiger charge is -2.26. The average molecular weight is 747 g/mol. The van der Waals surface area contributed by atoms with Crippen LogP contribution in [-0.4, -0.2) is 14.5 Å². The summed E-state index contributed by atoms with van der Waals surface area (Å²) in [6, 6.07) is 69.8. The number of benzene rings is 8. The van der Waals surface area contributed by atoms with E-state index < -0.39 is 0 Å². The van der Waals surface area contributed by atoms with Gasteiger partial charge in [-0.1, -0.05) is 91.0 Å². The summed E-state index contributed by atoms with van der Waals surface area (Å²) in [5, 5.41) is 5.11. The van der Waals surface area contributed by atoms with Crippen molar-refractivity contribution < 1.29 is 0 Å². The van der Waals surface area contributed by atoms with Gasteiger partial charge in [-0.05, 0) is 125 Å². The molecule has 5 heteroatoms. The monoisotopic (exact) mass is 746 g/mol. The van der Waals surface area contributed by atoms with Crippen LogP contribution in [0.15, 0.2) is 207 Å². The highest BCUT2D eigenvalue weighted by molar-refractivity contribution is 7.25. The molecule has 0 fully saturated rings. The van der Waals surface area contributed by atoms with E-state index in [1.165, 1.54) is 64.2 Å². The summed E-state index contributed by atoms with van der Waals surface area (Å²) in [5.41, 5.74) is 12.5. The van der Waals surface area contributed by atoms with E-state index >= 15 is 0 Å². The SMILES string of the molecule is c1ccc(-n2c3ccccc3c3cc(-c4ccc(N(c5ccc(-c6ccc7sc8ccccc8c7c6)cc5)c5ccc(-c6ncccn6)cc5)cc4)ccc32)cc1. The Balaban J connectivity index is 0.970. The maximum absolute atomic E-state index is 4.48. The molecule has 0 aliphatic rings. The van der Waals surface area contributed by atoms with Gasteiger partial charge in [0.05, 0.1) is 11.0 Å². The standard InChI is InChI=1S/C52H34N4S/c1-2-9-40(10-3-1)56-48-13-6-4-11-44(48)46-33-38(21-29-49(46)56)35-15-23-41(24-16-35)55(43-27-19-37(20-28-43)52-53-31-8-32-54-52)42-25-17-36(18-26-42)39-22-30-51-47(34-39)45-12-5-7-14-50(45)57-51/h1-34H. The zero-order valence-electron chi connectivity index (χ0n) is 30.8. The van der Waals surface area contributed by atoms with Crippen LogP contribution in [0.1, 0.15) is 0 Å². The van der Waals surface area contributed by atoms with Crippen molar-refractivity contribution in [2.75, 3.05) is 4.90 Å². The van der Waals surface area contributed by atoms with E-state index in [0.29, 0.717) is 5.82 Å². The Morgan fingerprint density at radius 2 is 0.877 bits per heavy atom. The number of aromatic nitrogens is 3. The van der Waals surface area contributed by atoms with Gasteiger partial charge in [-0.25, -0.2) is 9.97 Å². The minimum Gasteiger partial charge on any atom is -0.311 e. The van der Waals surface area contributed by atoms with E-state index in [2.05, 4.69) is 207 Å². The molecule has 11 rings (SSSR count). The van der Waals surface area contributed by atoms with Crippen LogP contribution in [0.2, 0.25) is 0 Å². The summed E-state index contributed by atoms with van der Waals surface area (Å²) in [6.07, 6.45) is 3.56. The minimum absolute atomic E-state index is 0.712. The molecule has 0 saturated heterocycles. The predicted octanol–water partition coefficient (Wildman–Crippen LogP) is 14.4. The fourth-order valence-corrected chi connectivity index (χ4v) is 9.26. The number of thiophene rings is 1. The first-order chi connectivity index (χ1) is 28.2. The highest BCUT2D eigenvalue weighted by atomic mass is 32.1. The molecule has 0 unspecified atom stereocenters. The molecule has 268 valence electrons. The lowest BCUT2D eigenvalue weighted by Crippen LogP contribution is -2.09. The number of fused-ring (bicyclic) bond motifs is 6. The molecule has 0 saturated carbocycles. The van der Waals surface area contributed by atoms with Crippen LogP contribution in [0.4, 0.5) is 17.1 Å². The van der Waals surface area contributed by atoms with Crippen LogP contribution in [0.3, 0.4) is 0 Å². The molecule has 8 aromatic carbocycles. The summed E-state index contributed by atoms with van der Waals surface area (Å²) >= 11 is 1.85. The third-order valence-electron chi connectivity index (χ3n) is 10.9. The Morgan fingerprint density at radius 3 is 1.56 bits per heavy atom. The number of hydrogen-bond donors (Lipinski definition) is 0. The van der Waals surface area contributed by atoms with Crippen molar-refractivity contribution >= 4 is 70.4 Å². The molecular formula is C52H34N4S. The van der Waals surface area contributed by atoms with Gasteiger partial charge < -0.3 is 9.47 Å². The van der Waals surface area contributed by atoms with Crippen molar-refractivity contribution in [2.45, 2.75) is 0 Å². The Morgan fingerprint density at radius 1 is 0.368 bits per heavy atom. The van der Waals surface area contributed by atoms with Crippen LogP contribution in [-0.2, 0) is 0 Å². The van der Waals surface area contributed by atoms with Gasteiger partial charge in [-0.15, -0.1) is 11.3 Å². The molecule has 0 aliphatic heterocycles. The highest BCUT2D eigenvalue weighted by Crippen LogP contribution is 2.40. The number of rotatable bonds is 7. The van der Waals surface area contributed by atoms with Crippen LogP contribution in [0.5, 0.6) is 0 Å². The van der Waals surface area contributed by atoms with Gasteiger partial charge >= 0.3 is 0 Å². The predicted molar refractivity (Wildman–Crippen MR) is 240 cm³/mol. The highest BCUT2D eigenvalue weighted by Gasteiger charge is 2.16.